The molecule has 3 aromatic rings. The molecule has 1 aliphatic heterocycles. The molecule has 0 saturated carbocycles. The van der Waals surface area contributed by atoms with Gasteiger partial charge in [-0.15, -0.1) is 11.3 Å². The zero-order chi connectivity index (χ0) is 23.7. The molecule has 0 fully saturated rings. The standard InChI is InChI=1S/C22H21N5O5S/c1-13-21(33-14(2)24-13)19(28)17-18(15-5-3-6-16(11-15)27(31)32)26(22(30)20(17)29)9-4-8-25-10-7-23-12-25/h3,5-7,10-12,18,29H,4,8-9H2,1-2H3. The number of nitro benzene ring substituents is 1. The Morgan fingerprint density at radius 2 is 2.09 bits per heavy atom. The van der Waals surface area contributed by atoms with Crippen LogP contribution in [0, 0.1) is 24.0 Å². The van der Waals surface area contributed by atoms with E-state index in [0.717, 1.165) is 0 Å². The maximum atomic E-state index is 13.5. The summed E-state index contributed by atoms with van der Waals surface area (Å²) in [6.45, 7) is 4.26. The van der Waals surface area contributed by atoms with Crippen LogP contribution in [0.5, 0.6) is 0 Å². The second kappa shape index (κ2) is 8.94. The van der Waals surface area contributed by atoms with E-state index >= 15 is 0 Å². The van der Waals surface area contributed by atoms with E-state index in [9.17, 15) is 24.8 Å². The molecular weight excluding hydrogens is 446 g/mol. The van der Waals surface area contributed by atoms with Crippen LogP contribution in [0.3, 0.4) is 0 Å². The zero-order valence-electron chi connectivity index (χ0n) is 18.0. The second-order valence-electron chi connectivity index (χ2n) is 7.65. The fourth-order valence-electron chi connectivity index (χ4n) is 3.98. The molecule has 0 bridgehead atoms. The lowest BCUT2D eigenvalue weighted by atomic mass is 9.94. The number of Topliss-reactive ketones (excluding diaryl/α,β-unsaturated/α-hetero) is 1. The molecule has 33 heavy (non-hydrogen) atoms. The molecule has 10 nitrogen and oxygen atoms in total. The number of thiazole rings is 1. The topological polar surface area (TPSA) is 131 Å². The van der Waals surface area contributed by atoms with Gasteiger partial charge in [0.2, 0.25) is 5.78 Å². The summed E-state index contributed by atoms with van der Waals surface area (Å²) in [5, 5.41) is 22.8. The van der Waals surface area contributed by atoms with E-state index < -0.39 is 28.4 Å². The van der Waals surface area contributed by atoms with Gasteiger partial charge in [0.25, 0.3) is 11.6 Å². The Morgan fingerprint density at radius 1 is 1.30 bits per heavy atom. The first-order valence-electron chi connectivity index (χ1n) is 10.2. The van der Waals surface area contributed by atoms with Crippen molar-refractivity contribution in [2.24, 2.45) is 0 Å². The summed E-state index contributed by atoms with van der Waals surface area (Å²) in [5.74, 6) is -1.82. The van der Waals surface area contributed by atoms with Crippen molar-refractivity contribution < 1.29 is 19.6 Å². The average Bonchev–Trinajstić information content (AvgIpc) is 3.48. The molecule has 1 aliphatic rings. The molecule has 0 saturated heterocycles. The molecule has 11 heteroatoms. The minimum atomic E-state index is -0.950. The van der Waals surface area contributed by atoms with Crippen molar-refractivity contribution in [1.82, 2.24) is 19.4 Å². The number of ketones is 1. The fourth-order valence-corrected chi connectivity index (χ4v) is 4.85. The molecule has 1 amide bonds. The number of benzene rings is 1. The Kier molecular flexibility index (Phi) is 6.05. The van der Waals surface area contributed by atoms with Crippen molar-refractivity contribution in [3.8, 4) is 0 Å². The van der Waals surface area contributed by atoms with Crippen LogP contribution < -0.4 is 0 Å². The summed E-state index contributed by atoms with van der Waals surface area (Å²) in [6.07, 6.45) is 5.63. The van der Waals surface area contributed by atoms with Crippen molar-refractivity contribution in [3.63, 3.8) is 0 Å². The van der Waals surface area contributed by atoms with Gasteiger partial charge in [-0.2, -0.15) is 0 Å². The third-order valence-corrected chi connectivity index (χ3v) is 6.50. The molecule has 2 aromatic heterocycles. The average molecular weight is 468 g/mol. The highest BCUT2D eigenvalue weighted by atomic mass is 32.1. The van der Waals surface area contributed by atoms with Crippen molar-refractivity contribution in [3.05, 3.63) is 85.6 Å². The second-order valence-corrected chi connectivity index (χ2v) is 8.85. The number of rotatable bonds is 8. The molecule has 1 atom stereocenters. The Hall–Kier alpha value is -3.86. The van der Waals surface area contributed by atoms with E-state index in [1.807, 2.05) is 4.57 Å². The molecule has 0 spiro atoms. The smallest absolute Gasteiger partial charge is 0.290 e. The van der Waals surface area contributed by atoms with Crippen molar-refractivity contribution >= 4 is 28.7 Å². The largest absolute Gasteiger partial charge is 0.503 e. The fraction of sp³-hybridized carbons (Fsp3) is 0.273. The maximum Gasteiger partial charge on any atom is 0.290 e. The van der Waals surface area contributed by atoms with Crippen LogP contribution in [0.15, 0.2) is 54.3 Å². The number of nitrogens with zero attached hydrogens (tertiary/aromatic N) is 5. The van der Waals surface area contributed by atoms with Crippen LogP contribution in [-0.2, 0) is 11.3 Å². The maximum absolute atomic E-state index is 13.5. The van der Waals surface area contributed by atoms with Gasteiger partial charge in [-0.1, -0.05) is 12.1 Å². The molecule has 4 rings (SSSR count). The number of nitro groups is 1. The highest BCUT2D eigenvalue weighted by Crippen LogP contribution is 2.41. The normalized spacial score (nSPS) is 16.0. The van der Waals surface area contributed by atoms with E-state index in [1.54, 1.807) is 38.6 Å². The third kappa shape index (κ3) is 4.27. The summed E-state index contributed by atoms with van der Waals surface area (Å²) in [4.78, 5) is 47.3. The monoisotopic (exact) mass is 467 g/mol. The predicted molar refractivity (Wildman–Crippen MR) is 120 cm³/mol. The first-order chi connectivity index (χ1) is 15.8. The molecule has 1 aromatic carbocycles. The number of hydrogen-bond acceptors (Lipinski definition) is 8. The van der Waals surface area contributed by atoms with Gasteiger partial charge in [0.1, 0.15) is 0 Å². The highest BCUT2D eigenvalue weighted by molar-refractivity contribution is 7.14. The van der Waals surface area contributed by atoms with Gasteiger partial charge in [-0.25, -0.2) is 9.97 Å². The highest BCUT2D eigenvalue weighted by Gasteiger charge is 2.44. The van der Waals surface area contributed by atoms with Crippen LogP contribution in [0.4, 0.5) is 5.69 Å². The first kappa shape index (κ1) is 22.3. The van der Waals surface area contributed by atoms with E-state index in [1.165, 1.54) is 34.4 Å². The SMILES string of the molecule is Cc1nc(C)c(C(=O)C2=C(O)C(=O)N(CCCn3ccnc3)C2c2cccc([N+](=O)[O-])c2)s1. The number of aliphatic hydroxyl groups excluding tert-OH is 1. The number of amides is 1. The van der Waals surface area contributed by atoms with Gasteiger partial charge in [-0.3, -0.25) is 19.7 Å². The summed E-state index contributed by atoms with van der Waals surface area (Å²) in [5.41, 5.74) is 0.634. The predicted octanol–water partition coefficient (Wildman–Crippen LogP) is 3.53. The summed E-state index contributed by atoms with van der Waals surface area (Å²) >= 11 is 1.18. The van der Waals surface area contributed by atoms with Crippen LogP contribution in [0.1, 0.15) is 38.4 Å². The quantitative estimate of drug-likeness (QED) is 0.304. The Balaban J connectivity index is 1.73. The summed E-state index contributed by atoms with van der Waals surface area (Å²) in [6, 6.07) is 4.84. The van der Waals surface area contributed by atoms with Crippen molar-refractivity contribution in [2.45, 2.75) is 32.9 Å². The summed E-state index contributed by atoms with van der Waals surface area (Å²) < 4.78 is 1.85. The number of non-ortho nitro benzene ring substituents is 1. The number of aliphatic hydroxyl groups is 1. The number of aryl methyl sites for hydroxylation is 3. The lowest BCUT2D eigenvalue weighted by Gasteiger charge is -2.26. The molecule has 0 radical (unpaired) electrons. The number of aromatic nitrogens is 3. The minimum Gasteiger partial charge on any atom is -0.503 e. The van der Waals surface area contributed by atoms with Gasteiger partial charge in [0.05, 0.1) is 38.4 Å². The first-order valence-corrected chi connectivity index (χ1v) is 11.0. The van der Waals surface area contributed by atoms with Gasteiger partial charge in [0.15, 0.2) is 5.76 Å². The Morgan fingerprint density at radius 3 is 2.73 bits per heavy atom. The minimum absolute atomic E-state index is 0.0881. The number of imidazole rings is 1. The molecule has 3 heterocycles. The van der Waals surface area contributed by atoms with Crippen LogP contribution in [0.2, 0.25) is 0 Å². The zero-order valence-corrected chi connectivity index (χ0v) is 18.8. The molecule has 1 N–H and O–H groups in total. The number of carbonyl (C=O) groups excluding carboxylic acids is 2. The van der Waals surface area contributed by atoms with E-state index in [-0.39, 0.29) is 17.8 Å². The Bertz CT molecular complexity index is 1260. The Labute approximate surface area is 193 Å². The van der Waals surface area contributed by atoms with Gasteiger partial charge in [-0.05, 0) is 25.8 Å². The molecule has 170 valence electrons. The van der Waals surface area contributed by atoms with Crippen molar-refractivity contribution in [1.29, 1.82) is 0 Å². The molecule has 1 unspecified atom stereocenters. The van der Waals surface area contributed by atoms with E-state index in [4.69, 9.17) is 0 Å². The van der Waals surface area contributed by atoms with Gasteiger partial charge >= 0.3 is 0 Å². The lowest BCUT2D eigenvalue weighted by Crippen LogP contribution is -2.32. The van der Waals surface area contributed by atoms with Crippen LogP contribution >= 0.6 is 11.3 Å². The molecular formula is C22H21N5O5S. The van der Waals surface area contributed by atoms with Crippen LogP contribution in [0.25, 0.3) is 0 Å². The third-order valence-electron chi connectivity index (χ3n) is 5.43. The van der Waals surface area contributed by atoms with Gasteiger partial charge in [0, 0.05) is 37.6 Å². The van der Waals surface area contributed by atoms with Crippen LogP contribution in [-0.4, -0.2) is 47.7 Å². The van der Waals surface area contributed by atoms with Crippen molar-refractivity contribution in [2.75, 3.05) is 6.54 Å². The summed E-state index contributed by atoms with van der Waals surface area (Å²) in [7, 11) is 0. The lowest BCUT2D eigenvalue weighted by molar-refractivity contribution is -0.384. The van der Waals surface area contributed by atoms with E-state index in [2.05, 4.69) is 9.97 Å². The number of hydrogen-bond donors (Lipinski definition) is 1. The molecule has 0 aliphatic carbocycles. The van der Waals surface area contributed by atoms with E-state index in [0.29, 0.717) is 34.1 Å². The number of carbonyl (C=O) groups is 2. The van der Waals surface area contributed by atoms with Gasteiger partial charge < -0.3 is 14.6 Å².